The van der Waals surface area contributed by atoms with Crippen LogP contribution in [0.2, 0.25) is 5.02 Å². The van der Waals surface area contributed by atoms with Crippen LogP contribution in [0.1, 0.15) is 0 Å². The van der Waals surface area contributed by atoms with E-state index in [1.54, 1.807) is 6.20 Å². The molecule has 0 bridgehead atoms. The maximum Gasteiger partial charge on any atom is 0.0880 e. The van der Waals surface area contributed by atoms with Crippen molar-refractivity contribution in [1.82, 2.24) is 10.2 Å². The Labute approximate surface area is 80.5 Å². The number of benzene rings is 1. The van der Waals surface area contributed by atoms with Gasteiger partial charge in [0.25, 0.3) is 0 Å². The van der Waals surface area contributed by atoms with Gasteiger partial charge in [-0.1, -0.05) is 23.7 Å². The fourth-order valence-electron chi connectivity index (χ4n) is 1.17. The molecule has 2 aromatic rings. The van der Waals surface area contributed by atoms with E-state index >= 15 is 0 Å². The summed E-state index contributed by atoms with van der Waals surface area (Å²) in [5, 5.41) is 7.34. The van der Waals surface area contributed by atoms with Crippen LogP contribution in [0.4, 0.5) is 5.69 Å². The zero-order chi connectivity index (χ0) is 9.26. The number of nitrogen functional groups attached to an aromatic ring is 1. The zero-order valence-corrected chi connectivity index (χ0v) is 7.55. The van der Waals surface area contributed by atoms with E-state index in [1.807, 2.05) is 24.3 Å². The standard InChI is InChI=1S/C9H8ClN3/c10-7-3-1-2-6(4-7)9-8(11)5-12-13-9/h1-5H,11H2,(H,12,13). The van der Waals surface area contributed by atoms with Crippen LogP contribution < -0.4 is 5.73 Å². The summed E-state index contributed by atoms with van der Waals surface area (Å²) >= 11 is 5.84. The van der Waals surface area contributed by atoms with E-state index in [0.717, 1.165) is 11.3 Å². The highest BCUT2D eigenvalue weighted by molar-refractivity contribution is 6.30. The van der Waals surface area contributed by atoms with E-state index in [9.17, 15) is 0 Å². The molecular formula is C9H8ClN3. The minimum atomic E-state index is 0.627. The first-order chi connectivity index (χ1) is 6.27. The van der Waals surface area contributed by atoms with Crippen molar-refractivity contribution in [3.05, 3.63) is 35.5 Å². The van der Waals surface area contributed by atoms with Crippen LogP contribution in [0, 0.1) is 0 Å². The van der Waals surface area contributed by atoms with Gasteiger partial charge in [0.05, 0.1) is 17.6 Å². The van der Waals surface area contributed by atoms with Crippen molar-refractivity contribution < 1.29 is 0 Å². The SMILES string of the molecule is Nc1cn[nH]c1-c1cccc(Cl)c1. The number of H-pyrrole nitrogens is 1. The minimum absolute atomic E-state index is 0.627. The Kier molecular flexibility index (Phi) is 1.94. The Morgan fingerprint density at radius 3 is 2.85 bits per heavy atom. The lowest BCUT2D eigenvalue weighted by Gasteiger charge is -1.98. The van der Waals surface area contributed by atoms with E-state index in [4.69, 9.17) is 17.3 Å². The lowest BCUT2D eigenvalue weighted by Crippen LogP contribution is -1.86. The predicted molar refractivity (Wildman–Crippen MR) is 53.4 cm³/mol. The highest BCUT2D eigenvalue weighted by Crippen LogP contribution is 2.24. The van der Waals surface area contributed by atoms with Crippen molar-refractivity contribution in [2.45, 2.75) is 0 Å². The van der Waals surface area contributed by atoms with Gasteiger partial charge >= 0.3 is 0 Å². The second-order valence-electron chi connectivity index (χ2n) is 2.71. The normalized spacial score (nSPS) is 10.2. The van der Waals surface area contributed by atoms with Crippen molar-refractivity contribution in [2.24, 2.45) is 0 Å². The summed E-state index contributed by atoms with van der Waals surface area (Å²) in [6.45, 7) is 0. The molecular weight excluding hydrogens is 186 g/mol. The molecule has 0 unspecified atom stereocenters. The van der Waals surface area contributed by atoms with Gasteiger partial charge in [-0.3, -0.25) is 5.10 Å². The Morgan fingerprint density at radius 1 is 1.38 bits per heavy atom. The fourth-order valence-corrected chi connectivity index (χ4v) is 1.36. The van der Waals surface area contributed by atoms with Crippen LogP contribution in [-0.2, 0) is 0 Å². The lowest BCUT2D eigenvalue weighted by atomic mass is 10.1. The van der Waals surface area contributed by atoms with Gasteiger partial charge in [0.15, 0.2) is 0 Å². The molecule has 0 aliphatic heterocycles. The number of hydrogen-bond donors (Lipinski definition) is 2. The molecule has 66 valence electrons. The average Bonchev–Trinajstić information content (AvgIpc) is 2.51. The molecule has 0 saturated heterocycles. The first-order valence-electron chi connectivity index (χ1n) is 3.82. The molecule has 0 aliphatic rings. The van der Waals surface area contributed by atoms with E-state index in [2.05, 4.69) is 10.2 Å². The number of nitrogens with one attached hydrogen (secondary N) is 1. The largest absolute Gasteiger partial charge is 0.396 e. The van der Waals surface area contributed by atoms with Crippen molar-refractivity contribution in [1.29, 1.82) is 0 Å². The fraction of sp³-hybridized carbons (Fsp3) is 0. The van der Waals surface area contributed by atoms with Gasteiger partial charge in [-0.2, -0.15) is 5.10 Å². The monoisotopic (exact) mass is 193 g/mol. The third kappa shape index (κ3) is 1.51. The van der Waals surface area contributed by atoms with Gasteiger partial charge < -0.3 is 5.73 Å². The number of aromatic nitrogens is 2. The topological polar surface area (TPSA) is 54.7 Å². The first-order valence-corrected chi connectivity index (χ1v) is 4.20. The molecule has 0 aliphatic carbocycles. The van der Waals surface area contributed by atoms with Crippen molar-refractivity contribution >= 4 is 17.3 Å². The molecule has 0 fully saturated rings. The van der Waals surface area contributed by atoms with E-state index in [-0.39, 0.29) is 0 Å². The van der Waals surface area contributed by atoms with Gasteiger partial charge in [-0.05, 0) is 12.1 Å². The molecule has 0 saturated carbocycles. The molecule has 1 heterocycles. The molecule has 0 spiro atoms. The summed E-state index contributed by atoms with van der Waals surface area (Å²) in [5.74, 6) is 0. The number of anilines is 1. The van der Waals surface area contributed by atoms with Crippen LogP contribution in [0.15, 0.2) is 30.5 Å². The third-order valence-electron chi connectivity index (χ3n) is 1.78. The maximum atomic E-state index is 5.84. The highest BCUT2D eigenvalue weighted by Gasteiger charge is 2.03. The number of aromatic amines is 1. The lowest BCUT2D eigenvalue weighted by molar-refractivity contribution is 1.10. The van der Waals surface area contributed by atoms with E-state index in [1.165, 1.54) is 0 Å². The molecule has 2 rings (SSSR count). The maximum absolute atomic E-state index is 5.84. The molecule has 0 radical (unpaired) electrons. The van der Waals surface area contributed by atoms with E-state index < -0.39 is 0 Å². The average molecular weight is 194 g/mol. The molecule has 1 aromatic carbocycles. The number of rotatable bonds is 1. The van der Waals surface area contributed by atoms with Crippen LogP contribution in [0.25, 0.3) is 11.3 Å². The summed E-state index contributed by atoms with van der Waals surface area (Å²) in [4.78, 5) is 0. The van der Waals surface area contributed by atoms with E-state index in [0.29, 0.717) is 10.7 Å². The number of nitrogens with two attached hydrogens (primary N) is 1. The second-order valence-corrected chi connectivity index (χ2v) is 3.15. The molecule has 3 nitrogen and oxygen atoms in total. The van der Waals surface area contributed by atoms with Crippen molar-refractivity contribution in [3.8, 4) is 11.3 Å². The number of nitrogens with zero attached hydrogens (tertiary/aromatic N) is 1. The van der Waals surface area contributed by atoms with Crippen LogP contribution in [0.5, 0.6) is 0 Å². The summed E-state index contributed by atoms with van der Waals surface area (Å²) in [6.07, 6.45) is 1.58. The van der Waals surface area contributed by atoms with Crippen molar-refractivity contribution in [2.75, 3.05) is 5.73 Å². The smallest absolute Gasteiger partial charge is 0.0880 e. The minimum Gasteiger partial charge on any atom is -0.396 e. The van der Waals surface area contributed by atoms with Gasteiger partial charge in [0.2, 0.25) is 0 Å². The molecule has 3 N–H and O–H groups in total. The predicted octanol–water partition coefficient (Wildman–Crippen LogP) is 2.31. The quantitative estimate of drug-likeness (QED) is 0.730. The molecule has 0 amide bonds. The molecule has 13 heavy (non-hydrogen) atoms. The number of halogens is 1. The molecule has 0 atom stereocenters. The Balaban J connectivity index is 2.53. The summed E-state index contributed by atoms with van der Waals surface area (Å²) in [5.41, 5.74) is 8.07. The van der Waals surface area contributed by atoms with Crippen LogP contribution >= 0.6 is 11.6 Å². The first kappa shape index (κ1) is 8.13. The Hall–Kier alpha value is -1.48. The summed E-state index contributed by atoms with van der Waals surface area (Å²) < 4.78 is 0. The highest BCUT2D eigenvalue weighted by atomic mass is 35.5. The Bertz CT molecular complexity index is 422. The molecule has 4 heteroatoms. The van der Waals surface area contributed by atoms with Crippen LogP contribution in [-0.4, -0.2) is 10.2 Å². The van der Waals surface area contributed by atoms with Gasteiger partial charge in [0.1, 0.15) is 0 Å². The van der Waals surface area contributed by atoms with Gasteiger partial charge in [0, 0.05) is 10.6 Å². The second kappa shape index (κ2) is 3.11. The summed E-state index contributed by atoms with van der Waals surface area (Å²) in [7, 11) is 0. The number of hydrogen-bond acceptors (Lipinski definition) is 2. The zero-order valence-electron chi connectivity index (χ0n) is 6.79. The van der Waals surface area contributed by atoms with Gasteiger partial charge in [-0.25, -0.2) is 0 Å². The summed E-state index contributed by atoms with van der Waals surface area (Å²) in [6, 6.07) is 7.46. The third-order valence-corrected chi connectivity index (χ3v) is 2.02. The Morgan fingerprint density at radius 2 is 2.23 bits per heavy atom. The van der Waals surface area contributed by atoms with Gasteiger partial charge in [-0.15, -0.1) is 0 Å². The molecule has 1 aromatic heterocycles. The van der Waals surface area contributed by atoms with Crippen LogP contribution in [0.3, 0.4) is 0 Å². The van der Waals surface area contributed by atoms with Crippen molar-refractivity contribution in [3.63, 3.8) is 0 Å².